The lowest BCUT2D eigenvalue weighted by Gasteiger charge is -2.21. The van der Waals surface area contributed by atoms with Crippen molar-refractivity contribution in [1.82, 2.24) is 14.7 Å². The summed E-state index contributed by atoms with van der Waals surface area (Å²) >= 11 is 0. The van der Waals surface area contributed by atoms with Crippen molar-refractivity contribution in [3.8, 4) is 0 Å². The van der Waals surface area contributed by atoms with Gasteiger partial charge in [-0.25, -0.2) is 4.98 Å². The van der Waals surface area contributed by atoms with Crippen LogP contribution in [0.2, 0.25) is 0 Å². The number of hydrogen-bond donors (Lipinski definition) is 2. The summed E-state index contributed by atoms with van der Waals surface area (Å²) in [5.41, 5.74) is 7.91. The topological polar surface area (TPSA) is 89.5 Å². The van der Waals surface area contributed by atoms with Gasteiger partial charge in [0.2, 0.25) is 11.8 Å². The number of aromatic nitrogens is 2. The second-order valence-electron chi connectivity index (χ2n) is 4.39. The molecule has 2 aromatic rings. The van der Waals surface area contributed by atoms with Gasteiger partial charge in [-0.05, 0) is 18.1 Å². The zero-order chi connectivity index (χ0) is 12.7. The summed E-state index contributed by atoms with van der Waals surface area (Å²) in [6, 6.07) is 1.75. The number of imide groups is 1. The number of amides is 2. The first-order chi connectivity index (χ1) is 8.65. The summed E-state index contributed by atoms with van der Waals surface area (Å²) in [6.07, 6.45) is 6.14. The molecular weight excluding hydrogens is 232 g/mol. The maximum Gasteiger partial charge on any atom is 0.234 e. The first-order valence-electron chi connectivity index (χ1n) is 5.71. The number of nitrogens with zero attached hydrogens (tertiary/aromatic N) is 2. The van der Waals surface area contributed by atoms with Gasteiger partial charge in [0.05, 0.1) is 11.6 Å². The molecule has 2 aromatic heterocycles. The molecule has 0 saturated carbocycles. The quantitative estimate of drug-likeness (QED) is 0.712. The number of carbonyl (C=O) groups excluding carboxylic acids is 2. The van der Waals surface area contributed by atoms with Crippen LogP contribution in [0.4, 0.5) is 5.69 Å². The SMILES string of the molecule is Nc1cc(C2CCC(=O)NC2=O)cn2ccnc12. The summed E-state index contributed by atoms with van der Waals surface area (Å²) in [4.78, 5) is 27.0. The Kier molecular flexibility index (Phi) is 2.29. The Morgan fingerprint density at radius 1 is 1.44 bits per heavy atom. The van der Waals surface area contributed by atoms with Crippen LogP contribution in [0.25, 0.3) is 5.65 Å². The number of rotatable bonds is 1. The fourth-order valence-corrected chi connectivity index (χ4v) is 2.28. The van der Waals surface area contributed by atoms with E-state index >= 15 is 0 Å². The van der Waals surface area contributed by atoms with E-state index in [2.05, 4.69) is 10.3 Å². The number of nitrogen functional groups attached to an aromatic ring is 1. The number of fused-ring (bicyclic) bond motifs is 1. The van der Waals surface area contributed by atoms with E-state index in [-0.39, 0.29) is 17.7 Å². The average Bonchev–Trinajstić information content (AvgIpc) is 2.77. The van der Waals surface area contributed by atoms with Crippen LogP contribution in [0, 0.1) is 0 Å². The molecule has 6 heteroatoms. The van der Waals surface area contributed by atoms with E-state index in [1.165, 1.54) is 0 Å². The second-order valence-corrected chi connectivity index (χ2v) is 4.39. The van der Waals surface area contributed by atoms with Crippen LogP contribution in [0.15, 0.2) is 24.7 Å². The summed E-state index contributed by atoms with van der Waals surface area (Å²) < 4.78 is 1.79. The van der Waals surface area contributed by atoms with Gasteiger partial charge in [0.15, 0.2) is 5.65 Å². The number of pyridine rings is 1. The molecule has 3 heterocycles. The number of nitrogens with two attached hydrogens (primary N) is 1. The Labute approximate surface area is 103 Å². The molecule has 0 spiro atoms. The highest BCUT2D eigenvalue weighted by atomic mass is 16.2. The van der Waals surface area contributed by atoms with Crippen molar-refractivity contribution < 1.29 is 9.59 Å². The Morgan fingerprint density at radius 3 is 3.06 bits per heavy atom. The molecule has 0 radical (unpaired) electrons. The number of piperidine rings is 1. The molecule has 1 aliphatic heterocycles. The van der Waals surface area contributed by atoms with Crippen molar-refractivity contribution in [1.29, 1.82) is 0 Å². The third-order valence-corrected chi connectivity index (χ3v) is 3.18. The molecule has 0 aromatic carbocycles. The number of anilines is 1. The zero-order valence-electron chi connectivity index (χ0n) is 9.59. The first kappa shape index (κ1) is 10.8. The highest BCUT2D eigenvalue weighted by Gasteiger charge is 2.28. The van der Waals surface area contributed by atoms with Gasteiger partial charge in [0.1, 0.15) is 0 Å². The van der Waals surface area contributed by atoms with Gasteiger partial charge in [0.25, 0.3) is 0 Å². The maximum absolute atomic E-state index is 11.8. The second kappa shape index (κ2) is 3.83. The highest BCUT2D eigenvalue weighted by Crippen LogP contribution is 2.27. The lowest BCUT2D eigenvalue weighted by molar-refractivity contribution is -0.134. The van der Waals surface area contributed by atoms with Crippen molar-refractivity contribution in [3.63, 3.8) is 0 Å². The highest BCUT2D eigenvalue weighted by molar-refractivity contribution is 6.01. The maximum atomic E-state index is 11.8. The Hall–Kier alpha value is -2.37. The summed E-state index contributed by atoms with van der Waals surface area (Å²) in [5.74, 6) is -0.796. The summed E-state index contributed by atoms with van der Waals surface area (Å²) in [5, 5.41) is 2.35. The molecular formula is C12H12N4O2. The summed E-state index contributed by atoms with van der Waals surface area (Å²) in [6.45, 7) is 0. The molecule has 3 N–H and O–H groups in total. The van der Waals surface area contributed by atoms with Crippen molar-refractivity contribution >= 4 is 23.1 Å². The molecule has 1 saturated heterocycles. The first-order valence-corrected chi connectivity index (χ1v) is 5.71. The van der Waals surface area contributed by atoms with Crippen LogP contribution in [0.3, 0.4) is 0 Å². The standard InChI is InChI=1S/C12H12N4O2/c13-9-5-7(6-16-4-3-14-11(9)16)8-1-2-10(17)15-12(8)18/h3-6,8H,1-2,13H2,(H,15,17,18). The van der Waals surface area contributed by atoms with Gasteiger partial charge < -0.3 is 10.1 Å². The molecule has 1 fully saturated rings. The molecule has 1 aliphatic rings. The van der Waals surface area contributed by atoms with Gasteiger partial charge >= 0.3 is 0 Å². The molecule has 0 aliphatic carbocycles. The molecule has 1 unspecified atom stereocenters. The summed E-state index contributed by atoms with van der Waals surface area (Å²) in [7, 11) is 0. The number of carbonyl (C=O) groups is 2. The molecule has 1 atom stereocenters. The minimum absolute atomic E-state index is 0.215. The fraction of sp³-hybridized carbons (Fsp3) is 0.250. The predicted octanol–water partition coefficient (Wildman–Crippen LogP) is 0.437. The van der Waals surface area contributed by atoms with Crippen LogP contribution in [-0.4, -0.2) is 21.2 Å². The largest absolute Gasteiger partial charge is 0.396 e. The monoisotopic (exact) mass is 244 g/mol. The number of hydrogen-bond acceptors (Lipinski definition) is 4. The van der Waals surface area contributed by atoms with Crippen LogP contribution in [0.1, 0.15) is 24.3 Å². The van der Waals surface area contributed by atoms with E-state index in [0.29, 0.717) is 24.2 Å². The molecule has 0 bridgehead atoms. The Bertz CT molecular complexity index is 647. The van der Waals surface area contributed by atoms with Crippen molar-refractivity contribution in [2.24, 2.45) is 0 Å². The van der Waals surface area contributed by atoms with Crippen molar-refractivity contribution in [2.45, 2.75) is 18.8 Å². The van der Waals surface area contributed by atoms with E-state index in [1.807, 2.05) is 6.20 Å². The zero-order valence-corrected chi connectivity index (χ0v) is 9.59. The van der Waals surface area contributed by atoms with Crippen LogP contribution in [-0.2, 0) is 9.59 Å². The number of imidazole rings is 1. The van der Waals surface area contributed by atoms with Crippen molar-refractivity contribution in [3.05, 3.63) is 30.2 Å². The van der Waals surface area contributed by atoms with Gasteiger partial charge in [-0.1, -0.05) is 0 Å². The minimum atomic E-state index is -0.322. The van der Waals surface area contributed by atoms with Gasteiger partial charge in [-0.3, -0.25) is 14.9 Å². The number of nitrogens with one attached hydrogen (secondary N) is 1. The van der Waals surface area contributed by atoms with E-state index in [0.717, 1.165) is 5.56 Å². The Balaban J connectivity index is 2.03. The van der Waals surface area contributed by atoms with Gasteiger partial charge in [0, 0.05) is 25.0 Å². The van der Waals surface area contributed by atoms with E-state index in [1.54, 1.807) is 22.9 Å². The van der Waals surface area contributed by atoms with Crippen molar-refractivity contribution in [2.75, 3.05) is 5.73 Å². The van der Waals surface area contributed by atoms with Crippen LogP contribution in [0.5, 0.6) is 0 Å². The fourth-order valence-electron chi connectivity index (χ4n) is 2.28. The van der Waals surface area contributed by atoms with Crippen LogP contribution >= 0.6 is 0 Å². The minimum Gasteiger partial charge on any atom is -0.396 e. The lowest BCUT2D eigenvalue weighted by Crippen LogP contribution is -2.39. The van der Waals surface area contributed by atoms with E-state index < -0.39 is 0 Å². The van der Waals surface area contributed by atoms with E-state index in [4.69, 9.17) is 5.73 Å². The average molecular weight is 244 g/mol. The molecule has 18 heavy (non-hydrogen) atoms. The third-order valence-electron chi connectivity index (χ3n) is 3.18. The molecule has 3 rings (SSSR count). The molecule has 6 nitrogen and oxygen atoms in total. The Morgan fingerprint density at radius 2 is 2.28 bits per heavy atom. The van der Waals surface area contributed by atoms with E-state index in [9.17, 15) is 9.59 Å². The van der Waals surface area contributed by atoms with Crippen LogP contribution < -0.4 is 11.1 Å². The third kappa shape index (κ3) is 1.62. The predicted molar refractivity (Wildman–Crippen MR) is 64.7 cm³/mol. The normalized spacial score (nSPS) is 20.1. The lowest BCUT2D eigenvalue weighted by atomic mass is 9.91. The van der Waals surface area contributed by atoms with Gasteiger partial charge in [-0.15, -0.1) is 0 Å². The van der Waals surface area contributed by atoms with Gasteiger partial charge in [-0.2, -0.15) is 0 Å². The smallest absolute Gasteiger partial charge is 0.234 e. The molecule has 2 amide bonds. The molecule has 92 valence electrons.